The largest absolute Gasteiger partial charge is 0.334 e. The third kappa shape index (κ3) is 3.89. The van der Waals surface area contributed by atoms with Gasteiger partial charge in [0, 0.05) is 15.9 Å². The van der Waals surface area contributed by atoms with Crippen molar-refractivity contribution in [2.45, 2.75) is 18.7 Å². The Kier molecular flexibility index (Phi) is 5.88. The van der Waals surface area contributed by atoms with Gasteiger partial charge in [0.1, 0.15) is 9.93 Å². The molecule has 0 bridgehead atoms. The van der Waals surface area contributed by atoms with Gasteiger partial charge in [-0.15, -0.1) is 0 Å². The van der Waals surface area contributed by atoms with Crippen LogP contribution in [-0.2, 0) is 4.79 Å². The van der Waals surface area contributed by atoms with Crippen molar-refractivity contribution in [2.24, 2.45) is 4.99 Å². The summed E-state index contributed by atoms with van der Waals surface area (Å²) in [6.07, 6.45) is 0. The van der Waals surface area contributed by atoms with Crippen LogP contribution in [0.5, 0.6) is 0 Å². The zero-order chi connectivity index (χ0) is 22.2. The number of hydrogen-bond donors (Lipinski definition) is 0. The smallest absolute Gasteiger partial charge is 0.274 e. The molecule has 2 aliphatic heterocycles. The molecule has 1 saturated heterocycles. The molecular weight excluding hydrogens is 502 g/mol. The predicted molar refractivity (Wildman–Crippen MR) is 140 cm³/mol. The zero-order valence-corrected chi connectivity index (χ0v) is 20.8. The van der Waals surface area contributed by atoms with Gasteiger partial charge in [0.05, 0.1) is 17.1 Å². The van der Waals surface area contributed by atoms with E-state index in [1.807, 2.05) is 67.6 Å². The van der Waals surface area contributed by atoms with Crippen LogP contribution in [0.1, 0.15) is 12.5 Å². The number of aliphatic imine (C=N–C) groups is 1. The van der Waals surface area contributed by atoms with Crippen molar-refractivity contribution in [1.82, 2.24) is 0 Å². The standard InChI is InChI=1S/C25H20BrN3OS2/c1-3-28-20-6-4-5-7-21(20)31-24(28)22-23(30)29(19-14-8-16(2)9-15-19)25(32-22)27-18-12-10-17(26)11-13-18/h4-15H,3H2,1-2H3/b24-22-,27-25?. The van der Waals surface area contributed by atoms with Crippen LogP contribution in [0.25, 0.3) is 0 Å². The fourth-order valence-electron chi connectivity index (χ4n) is 3.64. The number of nitrogens with zero attached hydrogens (tertiary/aromatic N) is 3. The van der Waals surface area contributed by atoms with Crippen LogP contribution in [0, 0.1) is 6.92 Å². The molecule has 0 atom stereocenters. The zero-order valence-electron chi connectivity index (χ0n) is 17.6. The average Bonchev–Trinajstić information content (AvgIpc) is 3.33. The molecule has 0 radical (unpaired) electrons. The third-order valence-corrected chi connectivity index (χ3v) is 8.11. The minimum atomic E-state index is -0.0385. The molecule has 0 unspecified atom stereocenters. The summed E-state index contributed by atoms with van der Waals surface area (Å²) in [4.78, 5) is 24.4. The summed E-state index contributed by atoms with van der Waals surface area (Å²) in [6.45, 7) is 4.95. The number of carbonyl (C=O) groups is 1. The highest BCUT2D eigenvalue weighted by atomic mass is 79.9. The van der Waals surface area contributed by atoms with Crippen LogP contribution in [-0.4, -0.2) is 17.6 Å². The number of benzene rings is 3. The molecule has 1 amide bonds. The first-order valence-corrected chi connectivity index (χ1v) is 12.7. The highest BCUT2D eigenvalue weighted by Gasteiger charge is 2.40. The van der Waals surface area contributed by atoms with Crippen LogP contribution >= 0.6 is 39.5 Å². The summed E-state index contributed by atoms with van der Waals surface area (Å²) in [5.74, 6) is -0.0385. The molecule has 0 spiro atoms. The fraction of sp³-hybridized carbons (Fsp3) is 0.120. The van der Waals surface area contributed by atoms with Crippen molar-refractivity contribution < 1.29 is 4.79 Å². The Balaban J connectivity index is 1.62. The summed E-state index contributed by atoms with van der Waals surface area (Å²) in [6, 6.07) is 24.1. The van der Waals surface area contributed by atoms with Gasteiger partial charge in [-0.25, -0.2) is 4.99 Å². The summed E-state index contributed by atoms with van der Waals surface area (Å²) in [5.41, 5.74) is 3.93. The topological polar surface area (TPSA) is 35.9 Å². The van der Waals surface area contributed by atoms with E-state index >= 15 is 0 Å². The molecule has 7 heteroatoms. The van der Waals surface area contributed by atoms with E-state index in [-0.39, 0.29) is 5.91 Å². The van der Waals surface area contributed by atoms with Gasteiger partial charge in [-0.05, 0) is 74.1 Å². The highest BCUT2D eigenvalue weighted by molar-refractivity contribution is 9.10. The molecule has 0 aliphatic carbocycles. The lowest BCUT2D eigenvalue weighted by atomic mass is 10.2. The number of thioether (sulfide) groups is 2. The van der Waals surface area contributed by atoms with Gasteiger partial charge in [-0.2, -0.15) is 0 Å². The number of anilines is 2. The molecule has 1 fully saturated rings. The lowest BCUT2D eigenvalue weighted by Crippen LogP contribution is -2.29. The van der Waals surface area contributed by atoms with E-state index in [4.69, 9.17) is 4.99 Å². The molecule has 5 rings (SSSR count). The number of amidine groups is 1. The highest BCUT2D eigenvalue weighted by Crippen LogP contribution is 2.51. The molecule has 0 aromatic heterocycles. The summed E-state index contributed by atoms with van der Waals surface area (Å²) >= 11 is 6.57. The number of fused-ring (bicyclic) bond motifs is 1. The van der Waals surface area contributed by atoms with Crippen LogP contribution < -0.4 is 9.80 Å². The van der Waals surface area contributed by atoms with Gasteiger partial charge in [0.25, 0.3) is 5.91 Å². The Morgan fingerprint density at radius 3 is 2.38 bits per heavy atom. The summed E-state index contributed by atoms with van der Waals surface area (Å²) in [7, 11) is 0. The van der Waals surface area contributed by atoms with Crippen LogP contribution in [0.15, 0.2) is 97.1 Å². The van der Waals surface area contributed by atoms with Gasteiger partial charge in [-0.3, -0.25) is 9.69 Å². The third-order valence-electron chi connectivity index (χ3n) is 5.24. The number of amides is 1. The van der Waals surface area contributed by atoms with E-state index in [0.717, 1.165) is 38.7 Å². The van der Waals surface area contributed by atoms with Gasteiger partial charge in [-0.1, -0.05) is 57.5 Å². The molecule has 0 N–H and O–H groups in total. The Hall–Kier alpha value is -2.48. The second-order valence-corrected chi connectivity index (χ2v) is 10.3. The Bertz CT molecular complexity index is 1250. The minimum Gasteiger partial charge on any atom is -0.334 e. The minimum absolute atomic E-state index is 0.0385. The van der Waals surface area contributed by atoms with E-state index in [1.165, 1.54) is 16.7 Å². The first-order chi connectivity index (χ1) is 15.5. The molecule has 3 aromatic rings. The monoisotopic (exact) mass is 521 g/mol. The number of rotatable bonds is 3. The maximum Gasteiger partial charge on any atom is 0.274 e. The molecule has 0 saturated carbocycles. The van der Waals surface area contributed by atoms with E-state index in [2.05, 4.69) is 39.9 Å². The van der Waals surface area contributed by atoms with E-state index in [1.54, 1.807) is 16.7 Å². The number of carbonyl (C=O) groups excluding carboxylic acids is 1. The van der Waals surface area contributed by atoms with Crippen molar-refractivity contribution in [3.8, 4) is 0 Å². The lowest BCUT2D eigenvalue weighted by Gasteiger charge is -2.19. The maximum absolute atomic E-state index is 13.8. The average molecular weight is 522 g/mol. The summed E-state index contributed by atoms with van der Waals surface area (Å²) < 4.78 is 0.994. The van der Waals surface area contributed by atoms with Crippen LogP contribution in [0.3, 0.4) is 0 Å². The maximum atomic E-state index is 13.8. The lowest BCUT2D eigenvalue weighted by molar-refractivity contribution is -0.113. The molecule has 160 valence electrons. The van der Waals surface area contributed by atoms with Crippen molar-refractivity contribution in [2.75, 3.05) is 16.3 Å². The number of hydrogen-bond acceptors (Lipinski definition) is 5. The summed E-state index contributed by atoms with van der Waals surface area (Å²) in [5, 5.41) is 1.64. The fourth-order valence-corrected chi connectivity index (χ4v) is 6.30. The molecule has 2 heterocycles. The second-order valence-electron chi connectivity index (χ2n) is 7.40. The van der Waals surface area contributed by atoms with Crippen molar-refractivity contribution in [3.63, 3.8) is 0 Å². The molecule has 32 heavy (non-hydrogen) atoms. The molecule has 4 nitrogen and oxygen atoms in total. The van der Waals surface area contributed by atoms with E-state index < -0.39 is 0 Å². The Morgan fingerprint density at radius 2 is 1.66 bits per heavy atom. The number of para-hydroxylation sites is 1. The van der Waals surface area contributed by atoms with Crippen molar-refractivity contribution in [1.29, 1.82) is 0 Å². The second kappa shape index (κ2) is 8.81. The molecule has 2 aliphatic rings. The van der Waals surface area contributed by atoms with Crippen molar-refractivity contribution in [3.05, 3.63) is 92.8 Å². The van der Waals surface area contributed by atoms with Crippen molar-refractivity contribution >= 4 is 67.6 Å². The quantitative estimate of drug-likeness (QED) is 0.338. The van der Waals surface area contributed by atoms with Gasteiger partial charge < -0.3 is 4.90 Å². The first-order valence-electron chi connectivity index (χ1n) is 10.3. The van der Waals surface area contributed by atoms with E-state index in [9.17, 15) is 4.79 Å². The molecular formula is C25H20BrN3OS2. The first kappa shape index (κ1) is 21.4. The van der Waals surface area contributed by atoms with Crippen LogP contribution in [0.2, 0.25) is 0 Å². The Morgan fingerprint density at radius 1 is 0.938 bits per heavy atom. The van der Waals surface area contributed by atoms with Gasteiger partial charge in [0.15, 0.2) is 5.17 Å². The van der Waals surface area contributed by atoms with E-state index in [0.29, 0.717) is 10.1 Å². The van der Waals surface area contributed by atoms with Gasteiger partial charge in [0.2, 0.25) is 0 Å². The van der Waals surface area contributed by atoms with Crippen LogP contribution in [0.4, 0.5) is 17.1 Å². The number of aryl methyl sites for hydroxylation is 1. The normalized spacial score (nSPS) is 19.2. The molecule has 3 aromatic carbocycles. The SMILES string of the molecule is CCN1/C(=C2/SC(=Nc3ccc(Br)cc3)N(c3ccc(C)cc3)C2=O)Sc2ccccc21. The van der Waals surface area contributed by atoms with Gasteiger partial charge >= 0.3 is 0 Å². The Labute approximate surface area is 204 Å². The predicted octanol–water partition coefficient (Wildman–Crippen LogP) is 7.33. The number of halogens is 1.